The van der Waals surface area contributed by atoms with Gasteiger partial charge in [-0.05, 0) is 29.7 Å². The summed E-state index contributed by atoms with van der Waals surface area (Å²) < 4.78 is 0. The molecule has 0 bridgehead atoms. The molecule has 0 radical (unpaired) electrons. The predicted molar refractivity (Wildman–Crippen MR) is 83.8 cm³/mol. The number of aliphatic hydroxyl groups excluding tert-OH is 1. The summed E-state index contributed by atoms with van der Waals surface area (Å²) in [5, 5.41) is 12.1. The van der Waals surface area contributed by atoms with Gasteiger partial charge in [-0.3, -0.25) is 0 Å². The van der Waals surface area contributed by atoms with E-state index in [0.717, 1.165) is 31.0 Å². The number of rotatable bonds is 8. The largest absolute Gasteiger partial charge is 0.396 e. The van der Waals surface area contributed by atoms with Crippen molar-refractivity contribution in [2.45, 2.75) is 39.2 Å². The second-order valence-electron chi connectivity index (χ2n) is 5.38. The van der Waals surface area contributed by atoms with E-state index < -0.39 is 0 Å². The van der Waals surface area contributed by atoms with E-state index in [2.05, 4.69) is 38.2 Å². The minimum atomic E-state index is 0.267. The molecule has 0 aliphatic rings. The Bertz CT molecular complexity index is 331. The third-order valence-corrected chi connectivity index (χ3v) is 5.15. The Morgan fingerprint density at radius 2 is 2.06 bits per heavy atom. The Labute approximate surface area is 119 Å². The van der Waals surface area contributed by atoms with E-state index in [9.17, 15) is 0 Å². The molecule has 18 heavy (non-hydrogen) atoms. The predicted octanol–water partition coefficient (Wildman–Crippen LogP) is 3.25. The van der Waals surface area contributed by atoms with Crippen molar-refractivity contribution in [3.8, 4) is 0 Å². The molecule has 2 nitrogen and oxygen atoms in total. The van der Waals surface area contributed by atoms with Crippen molar-refractivity contribution >= 4 is 23.1 Å². The van der Waals surface area contributed by atoms with E-state index in [1.165, 1.54) is 9.75 Å². The lowest BCUT2D eigenvalue weighted by Gasteiger charge is -2.15. The van der Waals surface area contributed by atoms with Crippen LogP contribution in [0.5, 0.6) is 0 Å². The van der Waals surface area contributed by atoms with Gasteiger partial charge in [-0.25, -0.2) is 0 Å². The van der Waals surface area contributed by atoms with Crippen molar-refractivity contribution in [2.24, 2.45) is 0 Å². The molecule has 0 aliphatic carbocycles. The molecule has 1 rings (SSSR count). The van der Waals surface area contributed by atoms with Crippen LogP contribution < -0.4 is 5.32 Å². The zero-order valence-corrected chi connectivity index (χ0v) is 13.3. The van der Waals surface area contributed by atoms with Crippen molar-refractivity contribution in [1.82, 2.24) is 5.32 Å². The van der Waals surface area contributed by atoms with Crippen LogP contribution in [0.25, 0.3) is 0 Å². The SMILES string of the molecule is CC(C)(C)c1ccc(CNCCSCCCO)s1. The Balaban J connectivity index is 2.14. The van der Waals surface area contributed by atoms with E-state index in [1.54, 1.807) is 0 Å². The molecule has 1 heterocycles. The van der Waals surface area contributed by atoms with Crippen LogP contribution in [0.4, 0.5) is 0 Å². The Morgan fingerprint density at radius 1 is 1.28 bits per heavy atom. The minimum absolute atomic E-state index is 0.267. The van der Waals surface area contributed by atoms with Crippen molar-refractivity contribution in [3.63, 3.8) is 0 Å². The molecule has 104 valence electrons. The molecule has 4 heteroatoms. The van der Waals surface area contributed by atoms with Crippen molar-refractivity contribution < 1.29 is 5.11 Å². The highest BCUT2D eigenvalue weighted by molar-refractivity contribution is 7.99. The first-order valence-electron chi connectivity index (χ1n) is 6.52. The summed E-state index contributed by atoms with van der Waals surface area (Å²) in [6.07, 6.45) is 0.907. The summed E-state index contributed by atoms with van der Waals surface area (Å²) >= 11 is 3.81. The lowest BCUT2D eigenvalue weighted by atomic mass is 9.95. The molecule has 1 aromatic rings. The minimum Gasteiger partial charge on any atom is -0.396 e. The van der Waals surface area contributed by atoms with Crippen LogP contribution in [-0.2, 0) is 12.0 Å². The highest BCUT2D eigenvalue weighted by atomic mass is 32.2. The Kier molecular flexibility index (Phi) is 7.30. The van der Waals surface area contributed by atoms with Crippen LogP contribution in [0.2, 0.25) is 0 Å². The quantitative estimate of drug-likeness (QED) is 0.720. The molecular weight excluding hydrogens is 262 g/mol. The summed E-state index contributed by atoms with van der Waals surface area (Å²) in [7, 11) is 0. The summed E-state index contributed by atoms with van der Waals surface area (Å²) in [4.78, 5) is 2.87. The molecule has 0 saturated carbocycles. The van der Waals surface area contributed by atoms with Crippen LogP contribution in [0.15, 0.2) is 12.1 Å². The second-order valence-corrected chi connectivity index (χ2v) is 7.78. The summed E-state index contributed by atoms with van der Waals surface area (Å²) in [6, 6.07) is 4.48. The first kappa shape index (κ1) is 16.0. The van der Waals surface area contributed by atoms with Gasteiger partial charge in [-0.2, -0.15) is 11.8 Å². The Morgan fingerprint density at radius 3 is 2.67 bits per heavy atom. The first-order valence-corrected chi connectivity index (χ1v) is 8.49. The number of hydrogen-bond donors (Lipinski definition) is 2. The average Bonchev–Trinajstić information content (AvgIpc) is 2.76. The molecule has 0 aliphatic heterocycles. The molecule has 0 saturated heterocycles. The lowest BCUT2D eigenvalue weighted by Crippen LogP contribution is -2.16. The van der Waals surface area contributed by atoms with E-state index in [1.807, 2.05) is 23.1 Å². The average molecular weight is 287 g/mol. The van der Waals surface area contributed by atoms with Crippen molar-refractivity contribution in [2.75, 3.05) is 24.7 Å². The van der Waals surface area contributed by atoms with Gasteiger partial charge in [0.15, 0.2) is 0 Å². The summed E-state index contributed by atoms with van der Waals surface area (Å²) in [6.45, 7) is 9.10. The Hall–Kier alpha value is -0.0300. The zero-order valence-electron chi connectivity index (χ0n) is 11.7. The standard InChI is InChI=1S/C14H25NOS2/c1-14(2,3)13-6-5-12(18-13)11-15-7-10-17-9-4-8-16/h5-6,15-16H,4,7-11H2,1-3H3. The topological polar surface area (TPSA) is 32.3 Å². The third-order valence-electron chi connectivity index (χ3n) is 2.57. The maximum Gasteiger partial charge on any atom is 0.0438 e. The molecule has 1 aromatic heterocycles. The summed E-state index contributed by atoms with van der Waals surface area (Å²) in [5.41, 5.74) is 0.267. The van der Waals surface area contributed by atoms with Gasteiger partial charge in [-0.1, -0.05) is 20.8 Å². The smallest absolute Gasteiger partial charge is 0.0438 e. The van der Waals surface area contributed by atoms with Gasteiger partial charge in [0.05, 0.1) is 0 Å². The zero-order chi connectivity index (χ0) is 13.4. The van der Waals surface area contributed by atoms with E-state index in [4.69, 9.17) is 5.11 Å². The fourth-order valence-electron chi connectivity index (χ4n) is 1.50. The number of nitrogens with one attached hydrogen (secondary N) is 1. The molecule has 2 N–H and O–H groups in total. The highest BCUT2D eigenvalue weighted by Crippen LogP contribution is 2.29. The van der Waals surface area contributed by atoms with Crippen molar-refractivity contribution in [3.05, 3.63) is 21.9 Å². The number of aliphatic hydroxyl groups is 1. The number of hydrogen-bond acceptors (Lipinski definition) is 4. The maximum absolute atomic E-state index is 8.66. The van der Waals surface area contributed by atoms with Gasteiger partial charge in [0.25, 0.3) is 0 Å². The molecule has 0 unspecified atom stereocenters. The monoisotopic (exact) mass is 287 g/mol. The van der Waals surface area contributed by atoms with Crippen LogP contribution >= 0.6 is 23.1 Å². The molecule has 0 amide bonds. The van der Waals surface area contributed by atoms with Gasteiger partial charge in [0.2, 0.25) is 0 Å². The molecule has 0 spiro atoms. The van der Waals surface area contributed by atoms with Gasteiger partial charge in [-0.15, -0.1) is 11.3 Å². The van der Waals surface area contributed by atoms with E-state index >= 15 is 0 Å². The van der Waals surface area contributed by atoms with Gasteiger partial charge in [0.1, 0.15) is 0 Å². The number of thioether (sulfide) groups is 1. The molecule has 0 aromatic carbocycles. The highest BCUT2D eigenvalue weighted by Gasteiger charge is 2.15. The third kappa shape index (κ3) is 6.23. The fraction of sp³-hybridized carbons (Fsp3) is 0.714. The van der Waals surface area contributed by atoms with Gasteiger partial charge in [0, 0.05) is 35.2 Å². The first-order chi connectivity index (χ1) is 8.54. The number of thiophene rings is 1. The second kappa shape index (κ2) is 8.20. The fourth-order valence-corrected chi connectivity index (χ4v) is 3.36. The van der Waals surface area contributed by atoms with Crippen LogP contribution in [0, 0.1) is 0 Å². The van der Waals surface area contributed by atoms with Crippen molar-refractivity contribution in [1.29, 1.82) is 0 Å². The van der Waals surface area contributed by atoms with Crippen LogP contribution in [-0.4, -0.2) is 29.8 Å². The van der Waals surface area contributed by atoms with E-state index in [0.29, 0.717) is 6.61 Å². The van der Waals surface area contributed by atoms with Gasteiger partial charge < -0.3 is 10.4 Å². The van der Waals surface area contributed by atoms with E-state index in [-0.39, 0.29) is 5.41 Å². The molecule has 0 fully saturated rings. The molecular formula is C14H25NOS2. The van der Waals surface area contributed by atoms with Crippen LogP contribution in [0.1, 0.15) is 36.9 Å². The maximum atomic E-state index is 8.66. The lowest BCUT2D eigenvalue weighted by molar-refractivity contribution is 0.296. The molecule has 0 atom stereocenters. The summed E-state index contributed by atoms with van der Waals surface area (Å²) in [5.74, 6) is 2.18. The van der Waals surface area contributed by atoms with Crippen LogP contribution in [0.3, 0.4) is 0 Å². The normalized spacial score (nSPS) is 12.0. The van der Waals surface area contributed by atoms with Gasteiger partial charge >= 0.3 is 0 Å².